The summed E-state index contributed by atoms with van der Waals surface area (Å²) in [6, 6.07) is 1.45. The van der Waals surface area contributed by atoms with Crippen LogP contribution in [0.4, 0.5) is 4.39 Å². The molecule has 0 spiro atoms. The fourth-order valence-electron chi connectivity index (χ4n) is 1.63. The quantitative estimate of drug-likeness (QED) is 0.869. The number of aryl methyl sites for hydroxylation is 1. The topological polar surface area (TPSA) is 63.8 Å². The number of aliphatic hydroxyl groups is 1. The second-order valence-electron chi connectivity index (χ2n) is 3.68. The number of aromatic nitrogens is 4. The Hall–Kier alpha value is -1.82. The lowest BCUT2D eigenvalue weighted by molar-refractivity contribution is 0.202. The monoisotopic (exact) mass is 236 g/mol. The van der Waals surface area contributed by atoms with Crippen molar-refractivity contribution < 1.29 is 9.50 Å². The Bertz CT molecular complexity index is 500. The molecule has 1 atom stereocenters. The molecule has 2 heterocycles. The van der Waals surface area contributed by atoms with Crippen LogP contribution in [0.1, 0.15) is 30.7 Å². The Kier molecular flexibility index (Phi) is 3.43. The van der Waals surface area contributed by atoms with E-state index in [1.807, 2.05) is 6.92 Å². The number of hydrogen-bond acceptors (Lipinski definition) is 4. The first kappa shape index (κ1) is 11.7. The van der Waals surface area contributed by atoms with Crippen molar-refractivity contribution in [3.63, 3.8) is 0 Å². The van der Waals surface area contributed by atoms with Crippen molar-refractivity contribution in [2.45, 2.75) is 26.0 Å². The molecular weight excluding hydrogens is 223 g/mol. The van der Waals surface area contributed by atoms with Gasteiger partial charge in [-0.05, 0) is 12.5 Å². The van der Waals surface area contributed by atoms with Crippen LogP contribution in [-0.2, 0) is 6.54 Å². The summed E-state index contributed by atoms with van der Waals surface area (Å²) in [5.74, 6) is -0.538. The molecule has 1 unspecified atom stereocenters. The van der Waals surface area contributed by atoms with E-state index in [1.165, 1.54) is 18.5 Å². The predicted molar refractivity (Wildman–Crippen MR) is 58.6 cm³/mol. The van der Waals surface area contributed by atoms with Gasteiger partial charge in [0.05, 0.1) is 18.1 Å². The summed E-state index contributed by atoms with van der Waals surface area (Å²) in [6.45, 7) is 2.63. The molecule has 2 aromatic rings. The van der Waals surface area contributed by atoms with Gasteiger partial charge in [-0.3, -0.25) is 4.98 Å². The van der Waals surface area contributed by atoms with Gasteiger partial charge in [-0.25, -0.2) is 9.07 Å². The maximum Gasteiger partial charge on any atom is 0.147 e. The van der Waals surface area contributed by atoms with E-state index < -0.39 is 11.9 Å². The highest BCUT2D eigenvalue weighted by molar-refractivity contribution is 5.23. The van der Waals surface area contributed by atoms with E-state index in [-0.39, 0.29) is 5.56 Å². The zero-order chi connectivity index (χ0) is 12.3. The third-order valence-corrected chi connectivity index (χ3v) is 2.46. The van der Waals surface area contributed by atoms with Crippen LogP contribution >= 0.6 is 0 Å². The molecule has 2 aromatic heterocycles. The second-order valence-corrected chi connectivity index (χ2v) is 3.68. The van der Waals surface area contributed by atoms with Crippen molar-refractivity contribution in [2.75, 3.05) is 0 Å². The van der Waals surface area contributed by atoms with E-state index in [2.05, 4.69) is 15.3 Å². The summed E-state index contributed by atoms with van der Waals surface area (Å²) < 4.78 is 15.1. The van der Waals surface area contributed by atoms with Gasteiger partial charge < -0.3 is 5.11 Å². The van der Waals surface area contributed by atoms with E-state index in [1.54, 1.807) is 4.68 Å². The van der Waals surface area contributed by atoms with E-state index in [9.17, 15) is 9.50 Å². The number of aliphatic hydroxyl groups excluding tert-OH is 1. The first-order valence-corrected chi connectivity index (χ1v) is 5.40. The summed E-state index contributed by atoms with van der Waals surface area (Å²) >= 11 is 0. The molecule has 90 valence electrons. The van der Waals surface area contributed by atoms with Gasteiger partial charge in [0, 0.05) is 18.3 Å². The first-order valence-electron chi connectivity index (χ1n) is 5.40. The molecule has 0 aromatic carbocycles. The van der Waals surface area contributed by atoms with Crippen molar-refractivity contribution in [2.24, 2.45) is 0 Å². The number of hydrogen-bond donors (Lipinski definition) is 1. The van der Waals surface area contributed by atoms with E-state index in [0.717, 1.165) is 12.6 Å². The fourth-order valence-corrected chi connectivity index (χ4v) is 1.63. The molecule has 0 aliphatic carbocycles. The molecule has 0 aliphatic rings. The molecule has 0 amide bonds. The molecule has 5 nitrogen and oxygen atoms in total. The molecule has 0 aliphatic heterocycles. The molecule has 6 heteroatoms. The summed E-state index contributed by atoms with van der Waals surface area (Å²) in [5.41, 5.74) is 0.664. The maximum absolute atomic E-state index is 13.5. The van der Waals surface area contributed by atoms with Gasteiger partial charge in [-0.2, -0.15) is 0 Å². The van der Waals surface area contributed by atoms with Gasteiger partial charge in [0.25, 0.3) is 0 Å². The third kappa shape index (κ3) is 2.31. The van der Waals surface area contributed by atoms with Crippen molar-refractivity contribution in [3.05, 3.63) is 41.7 Å². The first-order chi connectivity index (χ1) is 8.24. The number of rotatable bonds is 4. The largest absolute Gasteiger partial charge is 0.382 e. The number of nitrogens with zero attached hydrogens (tertiary/aromatic N) is 4. The van der Waals surface area contributed by atoms with Gasteiger partial charge in [0.2, 0.25) is 0 Å². The Morgan fingerprint density at radius 1 is 1.47 bits per heavy atom. The standard InChI is InChI=1S/C11H13FN4O/c1-2-5-16-10(7-14-15-16)11(17)8-3-4-13-6-9(8)12/h3-4,6-7,11,17H,2,5H2,1H3. The van der Waals surface area contributed by atoms with Crippen LogP contribution in [0, 0.1) is 5.82 Å². The van der Waals surface area contributed by atoms with Crippen LogP contribution in [0.15, 0.2) is 24.7 Å². The number of halogens is 1. The Balaban J connectivity index is 2.34. The van der Waals surface area contributed by atoms with Gasteiger partial charge >= 0.3 is 0 Å². The average Bonchev–Trinajstić information content (AvgIpc) is 2.78. The van der Waals surface area contributed by atoms with Crippen LogP contribution in [0.5, 0.6) is 0 Å². The van der Waals surface area contributed by atoms with Crippen LogP contribution in [0.3, 0.4) is 0 Å². The number of pyridine rings is 1. The summed E-state index contributed by atoms with van der Waals surface area (Å²) in [7, 11) is 0. The van der Waals surface area contributed by atoms with Crippen LogP contribution in [0.25, 0.3) is 0 Å². The van der Waals surface area contributed by atoms with Crippen molar-refractivity contribution in [1.29, 1.82) is 0 Å². The minimum absolute atomic E-state index is 0.180. The molecule has 17 heavy (non-hydrogen) atoms. The summed E-state index contributed by atoms with van der Waals surface area (Å²) in [5, 5.41) is 17.7. The maximum atomic E-state index is 13.5. The molecular formula is C11H13FN4O. The van der Waals surface area contributed by atoms with Gasteiger partial charge in [0.15, 0.2) is 0 Å². The SMILES string of the molecule is CCCn1nncc1C(O)c1ccncc1F. The smallest absolute Gasteiger partial charge is 0.147 e. The van der Waals surface area contributed by atoms with Gasteiger partial charge in [-0.1, -0.05) is 12.1 Å². The molecule has 0 saturated heterocycles. The van der Waals surface area contributed by atoms with E-state index in [4.69, 9.17) is 0 Å². The summed E-state index contributed by atoms with van der Waals surface area (Å²) in [6.07, 6.45) is 3.75. The third-order valence-electron chi connectivity index (χ3n) is 2.46. The Morgan fingerprint density at radius 3 is 3.00 bits per heavy atom. The Labute approximate surface area is 97.9 Å². The van der Waals surface area contributed by atoms with Crippen molar-refractivity contribution >= 4 is 0 Å². The van der Waals surface area contributed by atoms with Gasteiger partial charge in [0.1, 0.15) is 11.9 Å². The lowest BCUT2D eigenvalue weighted by Crippen LogP contribution is -2.11. The summed E-state index contributed by atoms with van der Waals surface area (Å²) in [4.78, 5) is 3.64. The Morgan fingerprint density at radius 2 is 2.29 bits per heavy atom. The minimum Gasteiger partial charge on any atom is -0.382 e. The molecule has 0 fully saturated rings. The van der Waals surface area contributed by atoms with Crippen LogP contribution in [-0.4, -0.2) is 25.1 Å². The van der Waals surface area contributed by atoms with Crippen LogP contribution < -0.4 is 0 Å². The van der Waals surface area contributed by atoms with E-state index >= 15 is 0 Å². The average molecular weight is 236 g/mol. The molecule has 0 bridgehead atoms. The highest BCUT2D eigenvalue weighted by atomic mass is 19.1. The zero-order valence-electron chi connectivity index (χ0n) is 9.41. The van der Waals surface area contributed by atoms with Crippen LogP contribution in [0.2, 0.25) is 0 Å². The zero-order valence-corrected chi connectivity index (χ0v) is 9.41. The molecule has 0 saturated carbocycles. The lowest BCUT2D eigenvalue weighted by Gasteiger charge is -2.12. The lowest BCUT2D eigenvalue weighted by atomic mass is 10.1. The normalized spacial score (nSPS) is 12.6. The van der Waals surface area contributed by atoms with Crippen molar-refractivity contribution in [3.8, 4) is 0 Å². The van der Waals surface area contributed by atoms with Gasteiger partial charge in [-0.15, -0.1) is 5.10 Å². The predicted octanol–water partition coefficient (Wildman–Crippen LogP) is 1.30. The highest BCUT2D eigenvalue weighted by Crippen LogP contribution is 2.22. The minimum atomic E-state index is -1.07. The fraction of sp³-hybridized carbons (Fsp3) is 0.364. The highest BCUT2D eigenvalue weighted by Gasteiger charge is 2.19. The molecule has 0 radical (unpaired) electrons. The molecule has 2 rings (SSSR count). The molecule has 1 N–H and O–H groups in total. The second kappa shape index (κ2) is 5.01. The van der Waals surface area contributed by atoms with E-state index in [0.29, 0.717) is 12.2 Å². The van der Waals surface area contributed by atoms with Crippen molar-refractivity contribution in [1.82, 2.24) is 20.0 Å².